The molecule has 0 aliphatic rings. The van der Waals surface area contributed by atoms with Crippen LogP contribution in [0, 0.1) is 10.1 Å². The molecule has 0 fully saturated rings. The van der Waals surface area contributed by atoms with Crippen LogP contribution in [-0.4, -0.2) is 10.8 Å². The van der Waals surface area contributed by atoms with E-state index in [1.54, 1.807) is 12.1 Å². The van der Waals surface area contributed by atoms with Crippen molar-refractivity contribution in [3.05, 3.63) is 39.9 Å². The third-order valence-corrected chi connectivity index (χ3v) is 2.54. The molecule has 0 saturated heterocycles. The predicted molar refractivity (Wildman–Crippen MR) is 63.1 cm³/mol. The Hall–Kier alpha value is -1.95. The number of benzene rings is 1. The average Bonchev–Trinajstić information content (AvgIpc) is 2.35. The lowest BCUT2D eigenvalue weighted by molar-refractivity contribution is -0.384. The fourth-order valence-corrected chi connectivity index (χ4v) is 1.67. The van der Waals surface area contributed by atoms with Gasteiger partial charge in [0, 0.05) is 12.1 Å². The minimum absolute atomic E-state index is 0.0113. The summed E-state index contributed by atoms with van der Waals surface area (Å²) in [6.07, 6.45) is 1.48. The number of nitrogens with zero attached hydrogens (tertiary/aromatic N) is 1. The van der Waals surface area contributed by atoms with E-state index in [2.05, 4.69) is 5.43 Å². The molecule has 0 spiro atoms. The molecule has 1 amide bonds. The summed E-state index contributed by atoms with van der Waals surface area (Å²) in [5.74, 6) is 4.48. The van der Waals surface area contributed by atoms with E-state index in [-0.39, 0.29) is 17.5 Å². The van der Waals surface area contributed by atoms with Gasteiger partial charge in [-0.1, -0.05) is 25.5 Å². The summed E-state index contributed by atoms with van der Waals surface area (Å²) in [5.41, 5.74) is 2.86. The maximum Gasteiger partial charge on any atom is 0.269 e. The molecule has 0 radical (unpaired) electrons. The van der Waals surface area contributed by atoms with Crippen molar-refractivity contribution in [2.75, 3.05) is 0 Å². The number of nitro benzene ring substituents is 1. The summed E-state index contributed by atoms with van der Waals surface area (Å²) in [4.78, 5) is 21.6. The van der Waals surface area contributed by atoms with Crippen LogP contribution in [-0.2, 0) is 4.79 Å². The molecule has 0 saturated carbocycles. The number of hydrazine groups is 1. The number of carbonyl (C=O) groups is 1. The molecule has 0 aromatic heterocycles. The van der Waals surface area contributed by atoms with Gasteiger partial charge >= 0.3 is 0 Å². The molecule has 1 aromatic carbocycles. The second kappa shape index (κ2) is 5.95. The van der Waals surface area contributed by atoms with Gasteiger partial charge < -0.3 is 0 Å². The average molecular weight is 237 g/mol. The number of carbonyl (C=O) groups excluding carboxylic acids is 1. The van der Waals surface area contributed by atoms with Gasteiger partial charge in [0.15, 0.2) is 0 Å². The molecule has 1 atom stereocenters. The van der Waals surface area contributed by atoms with Gasteiger partial charge in [0.05, 0.1) is 10.8 Å². The molecule has 1 unspecified atom stereocenters. The van der Waals surface area contributed by atoms with E-state index in [1.807, 2.05) is 6.92 Å². The number of nitrogens with one attached hydrogen (secondary N) is 1. The Morgan fingerprint density at radius 2 is 2.06 bits per heavy atom. The van der Waals surface area contributed by atoms with Gasteiger partial charge in [0.25, 0.3) is 5.69 Å². The quantitative estimate of drug-likeness (QED) is 0.350. The SMILES string of the molecule is CCCC(C(=O)NN)c1ccc([N+](=O)[O-])cc1. The van der Waals surface area contributed by atoms with Crippen molar-refractivity contribution in [2.45, 2.75) is 25.7 Å². The Morgan fingerprint density at radius 1 is 1.47 bits per heavy atom. The van der Waals surface area contributed by atoms with Crippen LogP contribution in [0.3, 0.4) is 0 Å². The Balaban J connectivity index is 2.94. The van der Waals surface area contributed by atoms with Crippen molar-refractivity contribution < 1.29 is 9.72 Å². The van der Waals surface area contributed by atoms with Gasteiger partial charge in [-0.25, -0.2) is 5.84 Å². The van der Waals surface area contributed by atoms with Crippen LogP contribution in [0.25, 0.3) is 0 Å². The van der Waals surface area contributed by atoms with Crippen LogP contribution in [0.4, 0.5) is 5.69 Å². The van der Waals surface area contributed by atoms with E-state index in [0.717, 1.165) is 12.0 Å². The van der Waals surface area contributed by atoms with Crippen molar-refractivity contribution in [2.24, 2.45) is 5.84 Å². The highest BCUT2D eigenvalue weighted by Crippen LogP contribution is 2.23. The normalized spacial score (nSPS) is 11.9. The smallest absolute Gasteiger partial charge is 0.269 e. The van der Waals surface area contributed by atoms with Crippen LogP contribution in [0.2, 0.25) is 0 Å². The van der Waals surface area contributed by atoms with E-state index in [0.29, 0.717) is 6.42 Å². The first-order chi connectivity index (χ1) is 8.10. The number of non-ortho nitro benzene ring substituents is 1. The van der Waals surface area contributed by atoms with E-state index < -0.39 is 4.92 Å². The van der Waals surface area contributed by atoms with Crippen molar-refractivity contribution in [3.63, 3.8) is 0 Å². The van der Waals surface area contributed by atoms with E-state index in [1.165, 1.54) is 12.1 Å². The number of hydrogen-bond acceptors (Lipinski definition) is 4. The molecule has 0 aliphatic heterocycles. The van der Waals surface area contributed by atoms with Gasteiger partial charge in [0.1, 0.15) is 0 Å². The van der Waals surface area contributed by atoms with Crippen molar-refractivity contribution in [1.29, 1.82) is 0 Å². The topological polar surface area (TPSA) is 98.3 Å². The lowest BCUT2D eigenvalue weighted by Gasteiger charge is -2.14. The molecule has 0 aliphatic carbocycles. The second-order valence-corrected chi connectivity index (χ2v) is 3.70. The molecule has 1 rings (SSSR count). The van der Waals surface area contributed by atoms with Crippen molar-refractivity contribution >= 4 is 11.6 Å². The zero-order valence-electron chi connectivity index (χ0n) is 9.55. The third-order valence-electron chi connectivity index (χ3n) is 2.54. The maximum atomic E-state index is 11.6. The molecule has 92 valence electrons. The zero-order chi connectivity index (χ0) is 12.8. The zero-order valence-corrected chi connectivity index (χ0v) is 9.55. The predicted octanol–water partition coefficient (Wildman–Crippen LogP) is 1.47. The lowest BCUT2D eigenvalue weighted by Crippen LogP contribution is -2.34. The van der Waals surface area contributed by atoms with Crippen LogP contribution < -0.4 is 11.3 Å². The number of nitro groups is 1. The maximum absolute atomic E-state index is 11.6. The largest absolute Gasteiger partial charge is 0.294 e. The summed E-state index contributed by atoms with van der Waals surface area (Å²) in [6, 6.07) is 5.96. The molecule has 17 heavy (non-hydrogen) atoms. The number of hydrogen-bond donors (Lipinski definition) is 2. The van der Waals surface area contributed by atoms with Gasteiger partial charge in [-0.3, -0.25) is 20.3 Å². The Labute approximate surface area is 98.9 Å². The summed E-state index contributed by atoms with van der Waals surface area (Å²) < 4.78 is 0. The van der Waals surface area contributed by atoms with Gasteiger partial charge in [-0.2, -0.15) is 0 Å². The molecule has 1 aromatic rings. The second-order valence-electron chi connectivity index (χ2n) is 3.70. The highest BCUT2D eigenvalue weighted by molar-refractivity contribution is 5.83. The third kappa shape index (κ3) is 3.25. The summed E-state index contributed by atoms with van der Waals surface area (Å²) >= 11 is 0. The van der Waals surface area contributed by atoms with Crippen molar-refractivity contribution in [3.8, 4) is 0 Å². The summed E-state index contributed by atoms with van der Waals surface area (Å²) in [7, 11) is 0. The first kappa shape index (κ1) is 13.1. The minimum atomic E-state index is -0.471. The standard InChI is InChI=1S/C11H15N3O3/c1-2-3-10(11(15)13-12)8-4-6-9(7-5-8)14(16)17/h4-7,10H,2-3,12H2,1H3,(H,13,15). The minimum Gasteiger partial charge on any atom is -0.294 e. The first-order valence-electron chi connectivity index (χ1n) is 5.35. The Morgan fingerprint density at radius 3 is 2.47 bits per heavy atom. The molecular weight excluding hydrogens is 222 g/mol. The van der Waals surface area contributed by atoms with E-state index >= 15 is 0 Å². The Bertz CT molecular complexity index is 403. The number of nitrogens with two attached hydrogens (primary N) is 1. The van der Waals surface area contributed by atoms with Crippen LogP contribution in [0.15, 0.2) is 24.3 Å². The highest BCUT2D eigenvalue weighted by Gasteiger charge is 2.19. The monoisotopic (exact) mass is 237 g/mol. The molecule has 0 heterocycles. The Kier molecular flexibility index (Phi) is 4.59. The van der Waals surface area contributed by atoms with Gasteiger partial charge in [-0.05, 0) is 12.0 Å². The molecule has 0 bridgehead atoms. The van der Waals surface area contributed by atoms with E-state index in [9.17, 15) is 14.9 Å². The first-order valence-corrected chi connectivity index (χ1v) is 5.35. The van der Waals surface area contributed by atoms with Crippen LogP contribution in [0.1, 0.15) is 31.2 Å². The van der Waals surface area contributed by atoms with E-state index in [4.69, 9.17) is 5.84 Å². The van der Waals surface area contributed by atoms with Crippen LogP contribution >= 0.6 is 0 Å². The van der Waals surface area contributed by atoms with Gasteiger partial charge in [-0.15, -0.1) is 0 Å². The van der Waals surface area contributed by atoms with Crippen LogP contribution in [0.5, 0.6) is 0 Å². The summed E-state index contributed by atoms with van der Waals surface area (Å²) in [5, 5.41) is 10.5. The molecule has 6 nitrogen and oxygen atoms in total. The van der Waals surface area contributed by atoms with Crippen molar-refractivity contribution in [1.82, 2.24) is 5.43 Å². The highest BCUT2D eigenvalue weighted by atomic mass is 16.6. The molecular formula is C11H15N3O3. The van der Waals surface area contributed by atoms with Gasteiger partial charge in [0.2, 0.25) is 5.91 Å². The number of rotatable bonds is 5. The lowest BCUT2D eigenvalue weighted by atomic mass is 9.94. The molecule has 3 N–H and O–H groups in total. The summed E-state index contributed by atoms with van der Waals surface area (Å²) in [6.45, 7) is 1.96. The fourth-order valence-electron chi connectivity index (χ4n) is 1.67. The fraction of sp³-hybridized carbons (Fsp3) is 0.364. The number of amides is 1. The molecule has 6 heteroatoms.